The van der Waals surface area contributed by atoms with Crippen LogP contribution in [0.2, 0.25) is 0 Å². The minimum Gasteiger partial charge on any atom is -0.359 e. The van der Waals surface area contributed by atoms with Gasteiger partial charge < -0.3 is 9.88 Å². The lowest BCUT2D eigenvalue weighted by Gasteiger charge is -2.18. The summed E-state index contributed by atoms with van der Waals surface area (Å²) in [5.74, 6) is 0.368. The first-order valence-corrected chi connectivity index (χ1v) is 6.95. The number of nitrogens with zero attached hydrogens (tertiary/aromatic N) is 2. The van der Waals surface area contributed by atoms with Gasteiger partial charge in [-0.15, -0.1) is 0 Å². The minimum absolute atomic E-state index is 0.0794. The largest absolute Gasteiger partial charge is 0.359 e. The highest BCUT2D eigenvalue weighted by molar-refractivity contribution is 9.10. The van der Waals surface area contributed by atoms with Crippen LogP contribution in [-0.4, -0.2) is 9.55 Å². The number of aromatic nitrogens is 2. The smallest absolute Gasteiger partial charge is 0.293 e. The average Bonchev–Trinajstić information content (AvgIpc) is 2.42. The molecule has 0 amide bonds. The maximum absolute atomic E-state index is 12.0. The molecule has 0 aliphatic heterocycles. The van der Waals surface area contributed by atoms with E-state index in [2.05, 4.69) is 33.2 Å². The van der Waals surface area contributed by atoms with Gasteiger partial charge in [0.05, 0.1) is 6.04 Å². The van der Waals surface area contributed by atoms with Crippen molar-refractivity contribution in [3.05, 3.63) is 57.0 Å². The van der Waals surface area contributed by atoms with Crippen LogP contribution in [0.25, 0.3) is 0 Å². The van der Waals surface area contributed by atoms with Crippen molar-refractivity contribution in [1.29, 1.82) is 0 Å². The van der Waals surface area contributed by atoms with E-state index in [0.717, 1.165) is 12.0 Å². The number of hydrogen-bond acceptors (Lipinski definition) is 3. The normalized spacial score (nSPS) is 12.2. The predicted octanol–water partition coefficient (Wildman–Crippen LogP) is 3.11. The molecule has 1 aromatic carbocycles. The molecule has 100 valence electrons. The third-order valence-electron chi connectivity index (χ3n) is 2.96. The number of benzene rings is 1. The zero-order valence-electron chi connectivity index (χ0n) is 10.9. The Kier molecular flexibility index (Phi) is 4.37. The third-order valence-corrected chi connectivity index (χ3v) is 3.34. The summed E-state index contributed by atoms with van der Waals surface area (Å²) in [6.45, 7) is 2.08. The first kappa shape index (κ1) is 13.8. The van der Waals surface area contributed by atoms with Gasteiger partial charge in [-0.05, 0) is 27.9 Å². The summed E-state index contributed by atoms with van der Waals surface area (Å²) in [6.07, 6.45) is 2.53. The summed E-state index contributed by atoms with van der Waals surface area (Å²) in [5.41, 5.74) is 1.02. The van der Waals surface area contributed by atoms with Crippen molar-refractivity contribution in [1.82, 2.24) is 9.55 Å². The van der Waals surface area contributed by atoms with Crippen LogP contribution < -0.4 is 10.9 Å². The van der Waals surface area contributed by atoms with Crippen molar-refractivity contribution in [2.75, 3.05) is 5.32 Å². The minimum atomic E-state index is -0.127. The maximum Gasteiger partial charge on any atom is 0.293 e. The number of halogens is 1. The molecule has 2 aromatic rings. The van der Waals surface area contributed by atoms with Crippen LogP contribution >= 0.6 is 15.9 Å². The van der Waals surface area contributed by atoms with Gasteiger partial charge in [0.2, 0.25) is 0 Å². The first-order valence-electron chi connectivity index (χ1n) is 6.16. The number of hydrogen-bond donors (Lipinski definition) is 1. The molecule has 5 heteroatoms. The van der Waals surface area contributed by atoms with Crippen LogP contribution in [0, 0.1) is 0 Å². The Bertz CT molecular complexity index is 610. The van der Waals surface area contributed by atoms with E-state index in [1.807, 2.05) is 30.3 Å². The molecule has 0 fully saturated rings. The van der Waals surface area contributed by atoms with Gasteiger partial charge in [-0.3, -0.25) is 4.79 Å². The highest BCUT2D eigenvalue weighted by Gasteiger charge is 2.12. The molecule has 0 saturated carbocycles. The molecule has 1 aromatic heterocycles. The number of anilines is 1. The lowest BCUT2D eigenvalue weighted by atomic mass is 10.0. The van der Waals surface area contributed by atoms with Crippen molar-refractivity contribution in [2.45, 2.75) is 19.4 Å². The van der Waals surface area contributed by atoms with E-state index in [1.165, 1.54) is 4.57 Å². The lowest BCUT2D eigenvalue weighted by Crippen LogP contribution is -2.24. The zero-order chi connectivity index (χ0) is 13.8. The van der Waals surface area contributed by atoms with Gasteiger partial charge in [0.25, 0.3) is 5.56 Å². The summed E-state index contributed by atoms with van der Waals surface area (Å²) in [7, 11) is 1.71. The molecule has 1 N–H and O–H groups in total. The van der Waals surface area contributed by atoms with Crippen molar-refractivity contribution < 1.29 is 0 Å². The molecule has 1 atom stereocenters. The summed E-state index contributed by atoms with van der Waals surface area (Å²) in [5, 5.41) is 3.22. The Labute approximate surface area is 120 Å². The Morgan fingerprint density at radius 2 is 2.05 bits per heavy atom. The first-order chi connectivity index (χ1) is 9.11. The molecule has 0 bridgehead atoms. The Morgan fingerprint density at radius 3 is 2.68 bits per heavy atom. The summed E-state index contributed by atoms with van der Waals surface area (Å²) < 4.78 is 2.15. The second-order valence-corrected chi connectivity index (χ2v) is 5.16. The van der Waals surface area contributed by atoms with Gasteiger partial charge in [0, 0.05) is 13.2 Å². The number of nitrogens with one attached hydrogen (secondary N) is 1. The van der Waals surface area contributed by atoms with E-state index in [0.29, 0.717) is 10.4 Å². The molecular weight excluding hydrogens is 306 g/mol. The van der Waals surface area contributed by atoms with Gasteiger partial charge in [-0.2, -0.15) is 0 Å². The second kappa shape index (κ2) is 6.02. The molecule has 1 heterocycles. The molecule has 4 nitrogen and oxygen atoms in total. The third kappa shape index (κ3) is 3.23. The number of rotatable bonds is 4. The van der Waals surface area contributed by atoms with Gasteiger partial charge in [-0.25, -0.2) is 4.98 Å². The zero-order valence-corrected chi connectivity index (χ0v) is 12.5. The molecule has 2 rings (SSSR count). The Hall–Kier alpha value is -1.62. The molecule has 19 heavy (non-hydrogen) atoms. The van der Waals surface area contributed by atoms with Crippen LogP contribution in [0.3, 0.4) is 0 Å². The van der Waals surface area contributed by atoms with Crippen molar-refractivity contribution in [3.63, 3.8) is 0 Å². The number of aryl methyl sites for hydroxylation is 1. The predicted molar refractivity (Wildman–Crippen MR) is 80.3 cm³/mol. The highest BCUT2D eigenvalue weighted by atomic mass is 79.9. The van der Waals surface area contributed by atoms with Gasteiger partial charge in [0.15, 0.2) is 5.82 Å². The topological polar surface area (TPSA) is 46.9 Å². The molecule has 0 radical (unpaired) electrons. The maximum atomic E-state index is 12.0. The fraction of sp³-hybridized carbons (Fsp3) is 0.286. The van der Waals surface area contributed by atoms with Crippen LogP contribution in [0.4, 0.5) is 5.82 Å². The fourth-order valence-electron chi connectivity index (χ4n) is 1.93. The molecule has 0 aliphatic rings. The van der Waals surface area contributed by atoms with Gasteiger partial charge in [-0.1, -0.05) is 37.3 Å². The Morgan fingerprint density at radius 1 is 1.37 bits per heavy atom. The summed E-state index contributed by atoms with van der Waals surface area (Å²) >= 11 is 3.30. The van der Waals surface area contributed by atoms with E-state index < -0.39 is 0 Å². The van der Waals surface area contributed by atoms with Crippen LogP contribution in [0.1, 0.15) is 24.9 Å². The lowest BCUT2D eigenvalue weighted by molar-refractivity contribution is 0.732. The van der Waals surface area contributed by atoms with Crippen molar-refractivity contribution in [3.8, 4) is 0 Å². The van der Waals surface area contributed by atoms with Gasteiger partial charge in [0.1, 0.15) is 4.60 Å². The molecule has 0 aliphatic carbocycles. The molecule has 0 spiro atoms. The fourth-order valence-corrected chi connectivity index (χ4v) is 2.42. The Balaban J connectivity index is 2.32. The summed E-state index contributed by atoms with van der Waals surface area (Å²) in [4.78, 5) is 16.2. The van der Waals surface area contributed by atoms with Crippen LogP contribution in [0.5, 0.6) is 0 Å². The van der Waals surface area contributed by atoms with Crippen molar-refractivity contribution >= 4 is 21.7 Å². The van der Waals surface area contributed by atoms with Gasteiger partial charge >= 0.3 is 0 Å². The van der Waals surface area contributed by atoms with E-state index in [1.54, 1.807) is 13.2 Å². The van der Waals surface area contributed by atoms with Crippen molar-refractivity contribution in [2.24, 2.45) is 7.05 Å². The van der Waals surface area contributed by atoms with E-state index in [-0.39, 0.29) is 11.6 Å². The van der Waals surface area contributed by atoms with E-state index in [9.17, 15) is 4.79 Å². The molecule has 0 unspecified atom stereocenters. The summed E-state index contributed by atoms with van der Waals surface area (Å²) in [6, 6.07) is 10.1. The van der Waals surface area contributed by atoms with Crippen LogP contribution in [-0.2, 0) is 7.05 Å². The highest BCUT2D eigenvalue weighted by Crippen LogP contribution is 2.20. The van der Waals surface area contributed by atoms with E-state index in [4.69, 9.17) is 0 Å². The second-order valence-electron chi connectivity index (χ2n) is 4.34. The molecule has 0 saturated heterocycles. The molecular formula is C14H16BrN3O. The quantitative estimate of drug-likeness (QED) is 0.941. The van der Waals surface area contributed by atoms with Crippen LogP contribution in [0.15, 0.2) is 45.9 Å². The average molecular weight is 322 g/mol. The standard InChI is InChI=1S/C14H16BrN3O/c1-3-11(10-7-5-4-6-8-10)16-13-14(19)18(2)9-12(15)17-13/h4-9,11H,3H2,1-2H3,(H,16,17)/t11-/m0/s1. The van der Waals surface area contributed by atoms with E-state index >= 15 is 0 Å². The SMILES string of the molecule is CC[C@H](Nc1nc(Br)cn(C)c1=O)c1ccccc1. The monoisotopic (exact) mass is 321 g/mol.